The molecule has 1 unspecified atom stereocenters. The predicted molar refractivity (Wildman–Crippen MR) is 61.9 cm³/mol. The summed E-state index contributed by atoms with van der Waals surface area (Å²) in [6.45, 7) is 6.15. The number of rotatable bonds is 4. The largest absolute Gasteiger partial charge is 0.347 e. The van der Waals surface area contributed by atoms with Gasteiger partial charge < -0.3 is 15.5 Å². The molecule has 0 radical (unpaired) electrons. The van der Waals surface area contributed by atoms with Crippen molar-refractivity contribution in [2.75, 3.05) is 33.2 Å². The van der Waals surface area contributed by atoms with Gasteiger partial charge in [0, 0.05) is 20.1 Å². The Hall–Kier alpha value is -1.10. The SMILES string of the molecule is CCN(C)C(=O)CNC(=O)C1(C)CCNC1. The van der Waals surface area contributed by atoms with Crippen LogP contribution < -0.4 is 10.6 Å². The lowest BCUT2D eigenvalue weighted by atomic mass is 9.89. The number of nitrogens with one attached hydrogen (secondary N) is 2. The van der Waals surface area contributed by atoms with Gasteiger partial charge >= 0.3 is 0 Å². The number of carbonyl (C=O) groups is 2. The summed E-state index contributed by atoms with van der Waals surface area (Å²) in [6, 6.07) is 0. The zero-order valence-corrected chi connectivity index (χ0v) is 10.3. The molecule has 0 aromatic heterocycles. The lowest BCUT2D eigenvalue weighted by Crippen LogP contribution is -2.45. The molecule has 1 aliphatic heterocycles. The van der Waals surface area contributed by atoms with Crippen LogP contribution >= 0.6 is 0 Å². The van der Waals surface area contributed by atoms with Crippen molar-refractivity contribution in [1.29, 1.82) is 0 Å². The van der Waals surface area contributed by atoms with Gasteiger partial charge in [0.05, 0.1) is 12.0 Å². The summed E-state index contributed by atoms with van der Waals surface area (Å²) in [5, 5.41) is 5.87. The van der Waals surface area contributed by atoms with Crippen LogP contribution in [-0.4, -0.2) is 49.9 Å². The zero-order valence-electron chi connectivity index (χ0n) is 10.3. The van der Waals surface area contributed by atoms with E-state index in [-0.39, 0.29) is 23.8 Å². The quantitative estimate of drug-likeness (QED) is 0.686. The first kappa shape index (κ1) is 13.0. The van der Waals surface area contributed by atoms with Crippen molar-refractivity contribution in [1.82, 2.24) is 15.5 Å². The Labute approximate surface area is 96.6 Å². The summed E-state index contributed by atoms with van der Waals surface area (Å²) >= 11 is 0. The van der Waals surface area contributed by atoms with Gasteiger partial charge in [-0.25, -0.2) is 0 Å². The van der Waals surface area contributed by atoms with E-state index >= 15 is 0 Å². The van der Waals surface area contributed by atoms with Gasteiger partial charge in [-0.15, -0.1) is 0 Å². The van der Waals surface area contributed by atoms with Crippen molar-refractivity contribution in [2.45, 2.75) is 20.3 Å². The number of hydrogen-bond acceptors (Lipinski definition) is 3. The molecule has 0 aromatic rings. The van der Waals surface area contributed by atoms with Crippen LogP contribution in [0.3, 0.4) is 0 Å². The second kappa shape index (κ2) is 5.30. The Kier molecular flexibility index (Phi) is 4.29. The fourth-order valence-electron chi connectivity index (χ4n) is 1.69. The third-order valence-corrected chi connectivity index (χ3v) is 3.22. The van der Waals surface area contributed by atoms with Crippen molar-refractivity contribution in [2.24, 2.45) is 5.41 Å². The Bertz CT molecular complexity index is 272. The zero-order chi connectivity index (χ0) is 12.2. The first-order valence-electron chi connectivity index (χ1n) is 5.72. The molecule has 16 heavy (non-hydrogen) atoms. The second-order valence-electron chi connectivity index (χ2n) is 4.58. The lowest BCUT2D eigenvalue weighted by Gasteiger charge is -2.22. The van der Waals surface area contributed by atoms with E-state index in [4.69, 9.17) is 0 Å². The Balaban J connectivity index is 2.38. The summed E-state index contributed by atoms with van der Waals surface area (Å²) in [6.07, 6.45) is 0.830. The minimum atomic E-state index is -0.356. The molecule has 5 heteroatoms. The van der Waals surface area contributed by atoms with Crippen LogP contribution in [0.15, 0.2) is 0 Å². The average Bonchev–Trinajstić information content (AvgIpc) is 2.72. The lowest BCUT2D eigenvalue weighted by molar-refractivity contribution is -0.134. The third kappa shape index (κ3) is 2.95. The monoisotopic (exact) mass is 227 g/mol. The van der Waals surface area contributed by atoms with E-state index in [9.17, 15) is 9.59 Å². The van der Waals surface area contributed by atoms with Crippen LogP contribution in [0.2, 0.25) is 0 Å². The van der Waals surface area contributed by atoms with Crippen LogP contribution in [0.5, 0.6) is 0 Å². The van der Waals surface area contributed by atoms with Gasteiger partial charge in [0.2, 0.25) is 11.8 Å². The van der Waals surface area contributed by atoms with E-state index in [0.717, 1.165) is 13.0 Å². The van der Waals surface area contributed by atoms with E-state index in [0.29, 0.717) is 13.1 Å². The molecule has 1 heterocycles. The van der Waals surface area contributed by atoms with Gasteiger partial charge in [0.15, 0.2) is 0 Å². The summed E-state index contributed by atoms with van der Waals surface area (Å²) in [7, 11) is 1.73. The Morgan fingerprint density at radius 3 is 2.69 bits per heavy atom. The Morgan fingerprint density at radius 1 is 1.50 bits per heavy atom. The number of likely N-dealkylation sites (N-methyl/N-ethyl adjacent to an activating group) is 1. The first-order chi connectivity index (χ1) is 7.49. The molecule has 0 aromatic carbocycles. The maximum absolute atomic E-state index is 11.9. The van der Waals surface area contributed by atoms with Gasteiger partial charge in [-0.1, -0.05) is 0 Å². The van der Waals surface area contributed by atoms with Crippen LogP contribution in [0.1, 0.15) is 20.3 Å². The van der Waals surface area contributed by atoms with Crippen LogP contribution in [0.4, 0.5) is 0 Å². The molecule has 2 N–H and O–H groups in total. The predicted octanol–water partition coefficient (Wildman–Crippen LogP) is -0.419. The molecule has 0 aliphatic carbocycles. The summed E-state index contributed by atoms with van der Waals surface area (Å²) < 4.78 is 0. The van der Waals surface area contributed by atoms with E-state index in [2.05, 4.69) is 10.6 Å². The topological polar surface area (TPSA) is 61.4 Å². The van der Waals surface area contributed by atoms with Crippen LogP contribution in [0.25, 0.3) is 0 Å². The van der Waals surface area contributed by atoms with E-state index in [1.807, 2.05) is 13.8 Å². The molecule has 92 valence electrons. The maximum atomic E-state index is 11.9. The molecular weight excluding hydrogens is 206 g/mol. The maximum Gasteiger partial charge on any atom is 0.241 e. The van der Waals surface area contributed by atoms with Gasteiger partial charge in [0.25, 0.3) is 0 Å². The molecule has 2 amide bonds. The minimum Gasteiger partial charge on any atom is -0.347 e. The smallest absolute Gasteiger partial charge is 0.241 e. The van der Waals surface area contributed by atoms with Gasteiger partial charge in [-0.3, -0.25) is 9.59 Å². The van der Waals surface area contributed by atoms with Crippen LogP contribution in [-0.2, 0) is 9.59 Å². The number of amides is 2. The van der Waals surface area contributed by atoms with Crippen molar-refractivity contribution < 1.29 is 9.59 Å². The van der Waals surface area contributed by atoms with Crippen molar-refractivity contribution in [3.8, 4) is 0 Å². The normalized spacial score (nSPS) is 24.2. The highest BCUT2D eigenvalue weighted by atomic mass is 16.2. The molecule has 0 bridgehead atoms. The molecule has 1 atom stereocenters. The highest BCUT2D eigenvalue weighted by Crippen LogP contribution is 2.24. The molecule has 5 nitrogen and oxygen atoms in total. The fraction of sp³-hybridized carbons (Fsp3) is 0.818. The second-order valence-corrected chi connectivity index (χ2v) is 4.58. The van der Waals surface area contributed by atoms with Gasteiger partial charge in [-0.05, 0) is 26.8 Å². The summed E-state index contributed by atoms with van der Waals surface area (Å²) in [4.78, 5) is 24.9. The average molecular weight is 227 g/mol. The first-order valence-corrected chi connectivity index (χ1v) is 5.72. The summed E-state index contributed by atoms with van der Waals surface area (Å²) in [5.74, 6) is -0.0826. The van der Waals surface area contributed by atoms with E-state index in [1.165, 1.54) is 0 Å². The van der Waals surface area contributed by atoms with Crippen molar-refractivity contribution >= 4 is 11.8 Å². The minimum absolute atomic E-state index is 0.0321. The molecule has 0 spiro atoms. The fourth-order valence-corrected chi connectivity index (χ4v) is 1.69. The molecule has 1 saturated heterocycles. The Morgan fingerprint density at radius 2 is 2.19 bits per heavy atom. The highest BCUT2D eigenvalue weighted by molar-refractivity contribution is 5.87. The molecule has 0 saturated carbocycles. The highest BCUT2D eigenvalue weighted by Gasteiger charge is 2.36. The standard InChI is InChI=1S/C11H21N3O2/c1-4-14(3)9(15)7-13-10(16)11(2)5-6-12-8-11/h12H,4-8H2,1-3H3,(H,13,16). The van der Waals surface area contributed by atoms with Crippen molar-refractivity contribution in [3.05, 3.63) is 0 Å². The van der Waals surface area contributed by atoms with E-state index in [1.54, 1.807) is 11.9 Å². The molecule has 1 fully saturated rings. The summed E-state index contributed by atoms with van der Waals surface area (Å²) in [5.41, 5.74) is -0.356. The van der Waals surface area contributed by atoms with Crippen LogP contribution in [0, 0.1) is 5.41 Å². The van der Waals surface area contributed by atoms with Crippen molar-refractivity contribution in [3.63, 3.8) is 0 Å². The molecular formula is C11H21N3O2. The number of carbonyl (C=O) groups excluding carboxylic acids is 2. The molecule has 1 aliphatic rings. The number of hydrogen-bond donors (Lipinski definition) is 2. The third-order valence-electron chi connectivity index (χ3n) is 3.22. The number of nitrogens with zero attached hydrogens (tertiary/aromatic N) is 1. The molecule has 1 rings (SSSR count). The van der Waals surface area contributed by atoms with E-state index < -0.39 is 0 Å². The van der Waals surface area contributed by atoms with Gasteiger partial charge in [-0.2, -0.15) is 0 Å². The van der Waals surface area contributed by atoms with Gasteiger partial charge in [0.1, 0.15) is 0 Å².